The maximum Gasteiger partial charge on any atom is 0.224 e. The van der Waals surface area contributed by atoms with E-state index in [9.17, 15) is 13.2 Å². The van der Waals surface area contributed by atoms with Crippen LogP contribution >= 0.6 is 0 Å². The third kappa shape index (κ3) is 4.34. The minimum atomic E-state index is -3.25. The van der Waals surface area contributed by atoms with Crippen LogP contribution in [0.3, 0.4) is 0 Å². The van der Waals surface area contributed by atoms with Crippen molar-refractivity contribution in [3.63, 3.8) is 0 Å². The highest BCUT2D eigenvalue weighted by atomic mass is 32.2. The topological polar surface area (TPSA) is 63.2 Å². The summed E-state index contributed by atoms with van der Waals surface area (Å²) in [6, 6.07) is 6.70. The van der Waals surface area contributed by atoms with E-state index in [2.05, 4.69) is 5.32 Å². The van der Waals surface area contributed by atoms with Gasteiger partial charge < -0.3 is 5.32 Å². The van der Waals surface area contributed by atoms with Gasteiger partial charge in [-0.25, -0.2) is 8.42 Å². The Morgan fingerprint density at radius 2 is 1.70 bits per heavy atom. The average Bonchev–Trinajstić information content (AvgIpc) is 2.38. The molecule has 1 N–H and O–H groups in total. The Labute approximate surface area is 121 Å². The highest BCUT2D eigenvalue weighted by molar-refractivity contribution is 7.92. The molecule has 1 unspecified atom stereocenters. The van der Waals surface area contributed by atoms with Crippen molar-refractivity contribution in [2.75, 3.05) is 0 Å². The molecule has 1 aromatic carbocycles. The fraction of sp³-hybridized carbons (Fsp3) is 0.533. The summed E-state index contributed by atoms with van der Waals surface area (Å²) in [4.78, 5) is 12.0. The van der Waals surface area contributed by atoms with Crippen LogP contribution in [0.4, 0.5) is 0 Å². The molecule has 0 fully saturated rings. The van der Waals surface area contributed by atoms with Crippen LogP contribution in [0.25, 0.3) is 0 Å². The Morgan fingerprint density at radius 1 is 1.15 bits per heavy atom. The molecule has 1 amide bonds. The number of carbonyl (C=O) groups is 1. The van der Waals surface area contributed by atoms with Gasteiger partial charge in [0.2, 0.25) is 5.91 Å². The van der Waals surface area contributed by atoms with E-state index in [0.717, 1.165) is 12.0 Å². The fourth-order valence-corrected chi connectivity index (χ4v) is 2.74. The Hall–Kier alpha value is -1.36. The van der Waals surface area contributed by atoms with Gasteiger partial charge in [0, 0.05) is 6.04 Å². The molecule has 0 bridgehead atoms. The van der Waals surface area contributed by atoms with Crippen molar-refractivity contribution in [2.24, 2.45) is 0 Å². The van der Waals surface area contributed by atoms with Gasteiger partial charge in [-0.1, -0.05) is 19.1 Å². The molecule has 0 aliphatic carbocycles. The van der Waals surface area contributed by atoms with Crippen molar-refractivity contribution in [2.45, 2.75) is 56.7 Å². The first-order valence-corrected chi connectivity index (χ1v) is 8.44. The predicted molar refractivity (Wildman–Crippen MR) is 80.4 cm³/mol. The lowest BCUT2D eigenvalue weighted by atomic mass is 10.1. The molecule has 1 rings (SSSR count). The molecular formula is C15H23NO3S. The summed E-state index contributed by atoms with van der Waals surface area (Å²) in [6.45, 7) is 7.28. The maximum absolute atomic E-state index is 12.0. The molecule has 0 radical (unpaired) electrons. The van der Waals surface area contributed by atoms with Gasteiger partial charge in [-0.3, -0.25) is 4.79 Å². The summed E-state index contributed by atoms with van der Waals surface area (Å²) >= 11 is 0. The molecule has 0 spiro atoms. The average molecular weight is 297 g/mol. The van der Waals surface area contributed by atoms with Crippen LogP contribution < -0.4 is 5.32 Å². The summed E-state index contributed by atoms with van der Waals surface area (Å²) in [5, 5.41) is 2.44. The van der Waals surface area contributed by atoms with Gasteiger partial charge in [-0.15, -0.1) is 0 Å². The molecule has 0 heterocycles. The Morgan fingerprint density at radius 3 is 2.15 bits per heavy atom. The van der Waals surface area contributed by atoms with Crippen molar-refractivity contribution in [1.29, 1.82) is 0 Å². The molecule has 0 aliphatic rings. The lowest BCUT2D eigenvalue weighted by molar-refractivity contribution is -0.121. The fourth-order valence-electron chi connectivity index (χ4n) is 1.68. The Balaban J connectivity index is 2.75. The molecule has 5 heteroatoms. The minimum absolute atomic E-state index is 0.0428. The van der Waals surface area contributed by atoms with Gasteiger partial charge >= 0.3 is 0 Å². The molecule has 20 heavy (non-hydrogen) atoms. The second-order valence-corrected chi connectivity index (χ2v) is 7.80. The van der Waals surface area contributed by atoms with Crippen LogP contribution in [0.1, 0.15) is 39.7 Å². The lowest BCUT2D eigenvalue weighted by Gasteiger charge is -2.12. The molecule has 1 atom stereocenters. The number of hydrogen-bond donors (Lipinski definition) is 1. The number of benzene rings is 1. The molecule has 0 saturated heterocycles. The summed E-state index contributed by atoms with van der Waals surface area (Å²) < 4.78 is 23.9. The highest BCUT2D eigenvalue weighted by Crippen LogP contribution is 2.16. The molecule has 0 aromatic heterocycles. The zero-order valence-electron chi connectivity index (χ0n) is 12.5. The van der Waals surface area contributed by atoms with E-state index >= 15 is 0 Å². The van der Waals surface area contributed by atoms with Gasteiger partial charge in [0.15, 0.2) is 9.84 Å². The highest BCUT2D eigenvalue weighted by Gasteiger charge is 2.18. The lowest BCUT2D eigenvalue weighted by Crippen LogP contribution is -2.33. The molecule has 1 aromatic rings. The van der Waals surface area contributed by atoms with E-state index in [1.165, 1.54) is 0 Å². The van der Waals surface area contributed by atoms with E-state index in [0.29, 0.717) is 4.90 Å². The molecule has 0 aliphatic heterocycles. The van der Waals surface area contributed by atoms with Crippen molar-refractivity contribution in [1.82, 2.24) is 5.32 Å². The number of amides is 1. The van der Waals surface area contributed by atoms with Gasteiger partial charge in [0.25, 0.3) is 0 Å². The number of hydrogen-bond acceptors (Lipinski definition) is 3. The van der Waals surface area contributed by atoms with Gasteiger partial charge in [-0.05, 0) is 44.9 Å². The first-order valence-electron chi connectivity index (χ1n) is 6.89. The summed E-state index contributed by atoms with van der Waals surface area (Å²) in [5.41, 5.74) is 0.813. The number of sulfone groups is 1. The quantitative estimate of drug-likeness (QED) is 0.876. The number of rotatable bonds is 6. The summed E-state index contributed by atoms with van der Waals surface area (Å²) in [7, 11) is -3.25. The van der Waals surface area contributed by atoms with Crippen LogP contribution in [0.2, 0.25) is 0 Å². The zero-order valence-corrected chi connectivity index (χ0v) is 13.3. The van der Waals surface area contributed by atoms with Crippen LogP contribution in [0.15, 0.2) is 29.2 Å². The molecule has 4 nitrogen and oxygen atoms in total. The molecule has 0 saturated carbocycles. The SMILES string of the molecule is CCC(C)NC(=O)Cc1ccc(S(=O)(=O)C(C)C)cc1. The van der Waals surface area contributed by atoms with Crippen LogP contribution in [-0.4, -0.2) is 25.6 Å². The maximum atomic E-state index is 12.0. The monoisotopic (exact) mass is 297 g/mol. The van der Waals surface area contributed by atoms with E-state index in [4.69, 9.17) is 0 Å². The van der Waals surface area contributed by atoms with Gasteiger partial charge in [0.1, 0.15) is 0 Å². The first kappa shape index (κ1) is 16.7. The third-order valence-electron chi connectivity index (χ3n) is 3.26. The normalized spacial score (nSPS) is 13.2. The zero-order chi connectivity index (χ0) is 15.3. The van der Waals surface area contributed by atoms with Crippen LogP contribution in [0, 0.1) is 0 Å². The Kier molecular flexibility index (Phi) is 5.74. The summed E-state index contributed by atoms with van der Waals surface area (Å²) in [5.74, 6) is -0.0428. The van der Waals surface area contributed by atoms with E-state index in [-0.39, 0.29) is 18.4 Å². The predicted octanol–water partition coefficient (Wildman–Crippen LogP) is 2.33. The number of carbonyl (C=O) groups excluding carboxylic acids is 1. The van der Waals surface area contributed by atoms with Crippen molar-refractivity contribution >= 4 is 15.7 Å². The second-order valence-electron chi connectivity index (χ2n) is 5.29. The van der Waals surface area contributed by atoms with E-state index < -0.39 is 15.1 Å². The minimum Gasteiger partial charge on any atom is -0.353 e. The van der Waals surface area contributed by atoms with Gasteiger partial charge in [0.05, 0.1) is 16.6 Å². The van der Waals surface area contributed by atoms with Gasteiger partial charge in [-0.2, -0.15) is 0 Å². The smallest absolute Gasteiger partial charge is 0.224 e. The van der Waals surface area contributed by atoms with E-state index in [1.54, 1.807) is 38.1 Å². The second kappa shape index (κ2) is 6.88. The van der Waals surface area contributed by atoms with Crippen molar-refractivity contribution < 1.29 is 13.2 Å². The van der Waals surface area contributed by atoms with E-state index in [1.807, 2.05) is 13.8 Å². The molecule has 112 valence electrons. The summed E-state index contributed by atoms with van der Waals surface area (Å²) in [6.07, 6.45) is 1.16. The van der Waals surface area contributed by atoms with Crippen LogP contribution in [-0.2, 0) is 21.1 Å². The largest absolute Gasteiger partial charge is 0.353 e. The standard InChI is InChI=1S/C15H23NO3S/c1-5-12(4)16-15(17)10-13-6-8-14(9-7-13)20(18,19)11(2)3/h6-9,11-12H,5,10H2,1-4H3,(H,16,17). The van der Waals surface area contributed by atoms with Crippen molar-refractivity contribution in [3.8, 4) is 0 Å². The molecular weight excluding hydrogens is 274 g/mol. The first-order chi connectivity index (χ1) is 9.27. The van der Waals surface area contributed by atoms with Crippen molar-refractivity contribution in [3.05, 3.63) is 29.8 Å². The number of nitrogens with one attached hydrogen (secondary N) is 1. The Bertz CT molecular complexity index is 547. The third-order valence-corrected chi connectivity index (χ3v) is 5.43. The van der Waals surface area contributed by atoms with Crippen LogP contribution in [0.5, 0.6) is 0 Å².